The van der Waals surface area contributed by atoms with Gasteiger partial charge in [-0.15, -0.1) is 0 Å². The Morgan fingerprint density at radius 2 is 2.27 bits per heavy atom. The first kappa shape index (κ1) is 12.5. The molecule has 3 N–H and O–H groups in total. The second-order valence-electron chi connectivity index (χ2n) is 4.45. The molecule has 1 saturated carbocycles. The van der Waals surface area contributed by atoms with E-state index in [1.807, 2.05) is 0 Å². The van der Waals surface area contributed by atoms with Gasteiger partial charge in [-0.1, -0.05) is 6.42 Å². The molecule has 1 aliphatic carbocycles. The Morgan fingerprint density at radius 1 is 1.53 bits per heavy atom. The molecule has 1 aliphatic rings. The van der Waals surface area contributed by atoms with Crippen molar-refractivity contribution in [3.63, 3.8) is 0 Å². The molecule has 0 radical (unpaired) electrons. The van der Waals surface area contributed by atoms with Crippen molar-refractivity contribution in [2.45, 2.75) is 51.2 Å². The molecular formula is C11H21NO3. The lowest BCUT2D eigenvalue weighted by atomic mass is 10.1. The summed E-state index contributed by atoms with van der Waals surface area (Å²) in [5, 5.41) is 21.3. The molecule has 3 atom stereocenters. The Balaban J connectivity index is 2.11. The third-order valence-corrected chi connectivity index (χ3v) is 2.97. The summed E-state index contributed by atoms with van der Waals surface area (Å²) < 4.78 is 0. The molecule has 0 spiro atoms. The van der Waals surface area contributed by atoms with Crippen LogP contribution in [0.2, 0.25) is 0 Å². The van der Waals surface area contributed by atoms with Gasteiger partial charge in [0.2, 0.25) is 5.91 Å². The van der Waals surface area contributed by atoms with E-state index in [2.05, 4.69) is 5.32 Å². The molecular weight excluding hydrogens is 194 g/mol. The smallest absolute Gasteiger partial charge is 0.220 e. The van der Waals surface area contributed by atoms with Crippen LogP contribution in [0, 0.1) is 5.92 Å². The summed E-state index contributed by atoms with van der Waals surface area (Å²) in [6.07, 6.45) is 3.09. The molecule has 1 rings (SSSR count). The van der Waals surface area contributed by atoms with Gasteiger partial charge in [0.1, 0.15) is 0 Å². The Morgan fingerprint density at radius 3 is 2.80 bits per heavy atom. The first-order valence-electron chi connectivity index (χ1n) is 5.72. The van der Waals surface area contributed by atoms with Crippen molar-refractivity contribution in [1.29, 1.82) is 0 Å². The molecule has 0 aromatic heterocycles. The molecule has 1 amide bonds. The van der Waals surface area contributed by atoms with Gasteiger partial charge in [0.15, 0.2) is 0 Å². The molecule has 0 saturated heterocycles. The lowest BCUT2D eigenvalue weighted by Gasteiger charge is -2.15. The van der Waals surface area contributed by atoms with E-state index in [9.17, 15) is 9.90 Å². The van der Waals surface area contributed by atoms with Gasteiger partial charge in [-0.2, -0.15) is 0 Å². The highest BCUT2D eigenvalue weighted by Gasteiger charge is 2.25. The average molecular weight is 215 g/mol. The average Bonchev–Trinajstić information content (AvgIpc) is 2.58. The molecule has 0 heterocycles. The molecule has 0 aromatic rings. The summed E-state index contributed by atoms with van der Waals surface area (Å²) in [4.78, 5) is 11.3. The number of aliphatic hydroxyl groups excluding tert-OH is 2. The second kappa shape index (κ2) is 6.08. The van der Waals surface area contributed by atoms with Gasteiger partial charge >= 0.3 is 0 Å². The van der Waals surface area contributed by atoms with Gasteiger partial charge in [-0.05, 0) is 26.2 Å². The normalized spacial score (nSPS) is 27.7. The number of nitrogens with one attached hydrogen (secondary N) is 1. The number of carbonyl (C=O) groups excluding carboxylic acids is 1. The first-order valence-corrected chi connectivity index (χ1v) is 5.72. The van der Waals surface area contributed by atoms with Crippen LogP contribution in [-0.4, -0.2) is 34.9 Å². The fourth-order valence-electron chi connectivity index (χ4n) is 1.93. The fraction of sp³-hybridized carbons (Fsp3) is 0.909. The number of amides is 1. The molecule has 1 fully saturated rings. The number of hydrogen-bond acceptors (Lipinski definition) is 3. The zero-order chi connectivity index (χ0) is 11.3. The minimum absolute atomic E-state index is 0.0324. The maximum Gasteiger partial charge on any atom is 0.220 e. The van der Waals surface area contributed by atoms with E-state index in [4.69, 9.17) is 5.11 Å². The standard InChI is InChI=1S/C11H21NO3/c1-8(13)5-6-11(15)12-7-9-3-2-4-10(9)14/h8-10,13-14H,2-7H2,1H3,(H,12,15). The topological polar surface area (TPSA) is 69.6 Å². The molecule has 0 aromatic carbocycles. The van der Waals surface area contributed by atoms with E-state index >= 15 is 0 Å². The highest BCUT2D eigenvalue weighted by Crippen LogP contribution is 2.24. The minimum atomic E-state index is -0.423. The van der Waals surface area contributed by atoms with Crippen LogP contribution in [0.1, 0.15) is 39.0 Å². The summed E-state index contributed by atoms with van der Waals surface area (Å²) in [6, 6.07) is 0. The summed E-state index contributed by atoms with van der Waals surface area (Å²) in [5.41, 5.74) is 0. The van der Waals surface area contributed by atoms with Crippen LogP contribution in [0.5, 0.6) is 0 Å². The van der Waals surface area contributed by atoms with Gasteiger partial charge < -0.3 is 15.5 Å². The van der Waals surface area contributed by atoms with Crippen molar-refractivity contribution < 1.29 is 15.0 Å². The van der Waals surface area contributed by atoms with E-state index in [1.54, 1.807) is 6.92 Å². The third kappa shape index (κ3) is 4.62. The van der Waals surface area contributed by atoms with Gasteiger partial charge in [0.25, 0.3) is 0 Å². The van der Waals surface area contributed by atoms with Crippen LogP contribution in [0.15, 0.2) is 0 Å². The van der Waals surface area contributed by atoms with E-state index in [0.717, 1.165) is 19.3 Å². The monoisotopic (exact) mass is 215 g/mol. The summed E-state index contributed by atoms with van der Waals surface area (Å²) in [7, 11) is 0. The maximum absolute atomic E-state index is 11.3. The van der Waals surface area contributed by atoms with Gasteiger partial charge in [-0.25, -0.2) is 0 Å². The quantitative estimate of drug-likeness (QED) is 0.622. The highest BCUT2D eigenvalue weighted by atomic mass is 16.3. The lowest BCUT2D eigenvalue weighted by molar-refractivity contribution is -0.121. The van der Waals surface area contributed by atoms with Crippen LogP contribution in [0.3, 0.4) is 0 Å². The summed E-state index contributed by atoms with van der Waals surface area (Å²) in [5.74, 6) is 0.190. The molecule has 3 unspecified atom stereocenters. The second-order valence-corrected chi connectivity index (χ2v) is 4.45. The molecule has 4 nitrogen and oxygen atoms in total. The number of aliphatic hydroxyl groups is 2. The molecule has 15 heavy (non-hydrogen) atoms. The van der Waals surface area contributed by atoms with Gasteiger partial charge in [0, 0.05) is 18.9 Å². The highest BCUT2D eigenvalue weighted by molar-refractivity contribution is 5.75. The van der Waals surface area contributed by atoms with E-state index in [0.29, 0.717) is 19.4 Å². The van der Waals surface area contributed by atoms with Crippen molar-refractivity contribution in [2.75, 3.05) is 6.54 Å². The Labute approximate surface area is 90.7 Å². The van der Waals surface area contributed by atoms with E-state index < -0.39 is 6.10 Å². The fourth-order valence-corrected chi connectivity index (χ4v) is 1.93. The van der Waals surface area contributed by atoms with Crippen LogP contribution < -0.4 is 5.32 Å². The molecule has 0 bridgehead atoms. The molecule has 4 heteroatoms. The zero-order valence-electron chi connectivity index (χ0n) is 9.28. The Kier molecular flexibility index (Phi) is 5.05. The van der Waals surface area contributed by atoms with Crippen molar-refractivity contribution >= 4 is 5.91 Å². The van der Waals surface area contributed by atoms with Crippen LogP contribution in [0.4, 0.5) is 0 Å². The molecule has 88 valence electrons. The third-order valence-electron chi connectivity index (χ3n) is 2.97. The number of hydrogen-bond donors (Lipinski definition) is 3. The Hall–Kier alpha value is -0.610. The number of carbonyl (C=O) groups is 1. The van der Waals surface area contributed by atoms with E-state index in [1.165, 1.54) is 0 Å². The van der Waals surface area contributed by atoms with Crippen LogP contribution in [-0.2, 0) is 4.79 Å². The predicted molar refractivity (Wildman–Crippen MR) is 57.3 cm³/mol. The van der Waals surface area contributed by atoms with Crippen molar-refractivity contribution in [1.82, 2.24) is 5.32 Å². The van der Waals surface area contributed by atoms with Crippen LogP contribution >= 0.6 is 0 Å². The molecule has 0 aliphatic heterocycles. The summed E-state index contributed by atoms with van der Waals surface area (Å²) >= 11 is 0. The van der Waals surface area contributed by atoms with Crippen molar-refractivity contribution in [3.05, 3.63) is 0 Å². The van der Waals surface area contributed by atoms with Crippen molar-refractivity contribution in [3.8, 4) is 0 Å². The van der Waals surface area contributed by atoms with E-state index in [-0.39, 0.29) is 17.9 Å². The van der Waals surface area contributed by atoms with Gasteiger partial charge in [-0.3, -0.25) is 4.79 Å². The number of rotatable bonds is 5. The maximum atomic E-state index is 11.3. The van der Waals surface area contributed by atoms with Crippen molar-refractivity contribution in [2.24, 2.45) is 5.92 Å². The largest absolute Gasteiger partial charge is 0.393 e. The predicted octanol–water partition coefficient (Wildman–Crippen LogP) is 0.425. The zero-order valence-corrected chi connectivity index (χ0v) is 9.28. The minimum Gasteiger partial charge on any atom is -0.393 e. The SMILES string of the molecule is CC(O)CCC(=O)NCC1CCCC1O. The van der Waals surface area contributed by atoms with Gasteiger partial charge in [0.05, 0.1) is 12.2 Å². The van der Waals surface area contributed by atoms with Crippen LogP contribution in [0.25, 0.3) is 0 Å². The summed E-state index contributed by atoms with van der Waals surface area (Å²) in [6.45, 7) is 2.24. The lowest BCUT2D eigenvalue weighted by Crippen LogP contribution is -2.32. The first-order chi connectivity index (χ1) is 7.09. The Bertz CT molecular complexity index is 206.